The van der Waals surface area contributed by atoms with Gasteiger partial charge in [0.05, 0.1) is 6.04 Å². The Bertz CT molecular complexity index is 682. The molecule has 0 aliphatic carbocycles. The number of hydrogen-bond donors (Lipinski definition) is 0. The summed E-state index contributed by atoms with van der Waals surface area (Å²) in [6.45, 7) is 1.91. The maximum atomic E-state index is 13.0. The van der Waals surface area contributed by atoms with Gasteiger partial charge in [0.15, 0.2) is 0 Å². The van der Waals surface area contributed by atoms with E-state index >= 15 is 0 Å². The molecule has 0 saturated carbocycles. The third-order valence-corrected chi connectivity index (χ3v) is 4.04. The molecule has 2 aromatic rings. The third-order valence-electron chi connectivity index (χ3n) is 3.55. The average molecular weight is 362 g/mol. The second-order valence-corrected chi connectivity index (χ2v) is 5.98. The zero-order valence-electron chi connectivity index (χ0n) is 12.5. The first kappa shape index (κ1) is 16.4. The number of carbonyl (C=O) groups is 1. The summed E-state index contributed by atoms with van der Waals surface area (Å²) in [7, 11) is 1.74. The topological polar surface area (TPSA) is 20.3 Å². The highest BCUT2D eigenvalue weighted by Gasteiger charge is 2.15. The Morgan fingerprint density at radius 3 is 2.55 bits per heavy atom. The Morgan fingerprint density at radius 1 is 1.23 bits per heavy atom. The van der Waals surface area contributed by atoms with Gasteiger partial charge < -0.3 is 4.90 Å². The van der Waals surface area contributed by atoms with Gasteiger partial charge in [-0.2, -0.15) is 0 Å². The molecule has 0 bridgehead atoms. The van der Waals surface area contributed by atoms with E-state index in [2.05, 4.69) is 15.9 Å². The first-order valence-corrected chi connectivity index (χ1v) is 7.72. The van der Waals surface area contributed by atoms with Gasteiger partial charge in [-0.05, 0) is 48.4 Å². The molecule has 0 aliphatic heterocycles. The predicted octanol–water partition coefficient (Wildman–Crippen LogP) is 4.82. The zero-order valence-corrected chi connectivity index (χ0v) is 14.0. The fourth-order valence-corrected chi connectivity index (χ4v) is 2.47. The van der Waals surface area contributed by atoms with Gasteiger partial charge >= 0.3 is 0 Å². The molecule has 2 rings (SSSR count). The van der Waals surface area contributed by atoms with E-state index < -0.39 is 0 Å². The molecular weight excluding hydrogens is 345 g/mol. The monoisotopic (exact) mass is 361 g/mol. The summed E-state index contributed by atoms with van der Waals surface area (Å²) in [4.78, 5) is 13.9. The van der Waals surface area contributed by atoms with E-state index in [1.54, 1.807) is 36.2 Å². The highest BCUT2D eigenvalue weighted by Crippen LogP contribution is 2.19. The molecular formula is C18H17BrFNO. The first-order chi connectivity index (χ1) is 10.5. The molecule has 0 radical (unpaired) electrons. The molecule has 0 aliphatic rings. The molecule has 114 valence electrons. The van der Waals surface area contributed by atoms with Crippen LogP contribution in [-0.2, 0) is 4.79 Å². The molecule has 22 heavy (non-hydrogen) atoms. The van der Waals surface area contributed by atoms with Crippen molar-refractivity contribution in [1.82, 2.24) is 4.90 Å². The van der Waals surface area contributed by atoms with Gasteiger partial charge in [-0.15, -0.1) is 0 Å². The minimum atomic E-state index is -0.278. The number of rotatable bonds is 4. The number of carbonyl (C=O) groups excluding carboxylic acids is 1. The van der Waals surface area contributed by atoms with Gasteiger partial charge in [-0.3, -0.25) is 4.79 Å². The summed E-state index contributed by atoms with van der Waals surface area (Å²) >= 11 is 3.40. The molecule has 0 saturated heterocycles. The summed E-state index contributed by atoms with van der Waals surface area (Å²) in [5.74, 6) is -0.378. The molecule has 0 spiro atoms. The van der Waals surface area contributed by atoms with Crippen LogP contribution < -0.4 is 0 Å². The van der Waals surface area contributed by atoms with E-state index in [0.29, 0.717) is 0 Å². The number of nitrogens with zero attached hydrogens (tertiary/aromatic N) is 1. The van der Waals surface area contributed by atoms with E-state index in [1.165, 1.54) is 12.1 Å². The summed E-state index contributed by atoms with van der Waals surface area (Å²) in [5.41, 5.74) is 1.85. The smallest absolute Gasteiger partial charge is 0.246 e. The maximum absolute atomic E-state index is 13.0. The van der Waals surface area contributed by atoms with Crippen LogP contribution in [0.15, 0.2) is 59.1 Å². The molecule has 1 atom stereocenters. The van der Waals surface area contributed by atoms with Gasteiger partial charge in [0.2, 0.25) is 5.91 Å². The lowest BCUT2D eigenvalue weighted by molar-refractivity contribution is -0.126. The van der Waals surface area contributed by atoms with Crippen molar-refractivity contribution in [3.8, 4) is 0 Å². The summed E-state index contributed by atoms with van der Waals surface area (Å²) in [5, 5.41) is 0. The van der Waals surface area contributed by atoms with Crippen molar-refractivity contribution < 1.29 is 9.18 Å². The van der Waals surface area contributed by atoms with Crippen LogP contribution in [0.5, 0.6) is 0 Å². The van der Waals surface area contributed by atoms with E-state index in [0.717, 1.165) is 15.6 Å². The largest absolute Gasteiger partial charge is 0.335 e. The molecule has 0 aromatic heterocycles. The van der Waals surface area contributed by atoms with Crippen LogP contribution in [0.2, 0.25) is 0 Å². The summed E-state index contributed by atoms with van der Waals surface area (Å²) in [6.07, 6.45) is 3.32. The Kier molecular flexibility index (Phi) is 5.50. The number of hydrogen-bond acceptors (Lipinski definition) is 1. The van der Waals surface area contributed by atoms with Gasteiger partial charge in [0.25, 0.3) is 0 Å². The Balaban J connectivity index is 2.06. The third kappa shape index (κ3) is 4.28. The number of likely N-dealkylation sites (N-methyl/N-ethyl adjacent to an activating group) is 1. The number of amides is 1. The van der Waals surface area contributed by atoms with Crippen molar-refractivity contribution in [2.75, 3.05) is 7.05 Å². The Hall–Kier alpha value is -1.94. The van der Waals surface area contributed by atoms with Gasteiger partial charge in [0, 0.05) is 17.6 Å². The van der Waals surface area contributed by atoms with Crippen LogP contribution in [0.1, 0.15) is 24.1 Å². The number of benzene rings is 2. The van der Waals surface area contributed by atoms with E-state index in [1.807, 2.05) is 31.2 Å². The highest BCUT2D eigenvalue weighted by molar-refractivity contribution is 9.10. The predicted molar refractivity (Wildman–Crippen MR) is 90.8 cm³/mol. The van der Waals surface area contributed by atoms with Gasteiger partial charge in [-0.25, -0.2) is 4.39 Å². The van der Waals surface area contributed by atoms with Crippen LogP contribution in [0.4, 0.5) is 4.39 Å². The fraction of sp³-hybridized carbons (Fsp3) is 0.167. The lowest BCUT2D eigenvalue weighted by atomic mass is 10.1. The van der Waals surface area contributed by atoms with Crippen LogP contribution in [0.25, 0.3) is 6.08 Å². The lowest BCUT2D eigenvalue weighted by Gasteiger charge is -2.24. The van der Waals surface area contributed by atoms with E-state index in [9.17, 15) is 9.18 Å². The molecule has 0 fully saturated rings. The minimum absolute atomic E-state index is 0.100. The van der Waals surface area contributed by atoms with Crippen LogP contribution in [0, 0.1) is 5.82 Å². The summed E-state index contributed by atoms with van der Waals surface area (Å²) in [6, 6.07) is 13.8. The maximum Gasteiger partial charge on any atom is 0.246 e. The molecule has 2 nitrogen and oxygen atoms in total. The fourth-order valence-electron chi connectivity index (χ4n) is 2.05. The van der Waals surface area contributed by atoms with Crippen molar-refractivity contribution in [3.63, 3.8) is 0 Å². The Morgan fingerprint density at radius 2 is 1.91 bits per heavy atom. The molecule has 1 amide bonds. The Labute approximate surface area is 138 Å². The minimum Gasteiger partial charge on any atom is -0.335 e. The number of halogens is 2. The standard InChI is InChI=1S/C18H17BrFNO/c1-13(15-7-9-17(20)10-8-15)21(2)18(22)11-6-14-4-3-5-16(19)12-14/h3-13H,1-2H3/b11-6+. The SMILES string of the molecule is CC(c1ccc(F)cc1)N(C)C(=O)/C=C/c1cccc(Br)c1. The van der Waals surface area contributed by atoms with Gasteiger partial charge in [-0.1, -0.05) is 40.2 Å². The van der Waals surface area contributed by atoms with Crippen molar-refractivity contribution in [2.45, 2.75) is 13.0 Å². The lowest BCUT2D eigenvalue weighted by Crippen LogP contribution is -2.27. The van der Waals surface area contributed by atoms with Crippen molar-refractivity contribution >= 4 is 27.9 Å². The van der Waals surface area contributed by atoms with Crippen molar-refractivity contribution in [1.29, 1.82) is 0 Å². The van der Waals surface area contributed by atoms with Crippen molar-refractivity contribution in [2.24, 2.45) is 0 Å². The molecule has 4 heteroatoms. The zero-order chi connectivity index (χ0) is 16.1. The van der Waals surface area contributed by atoms with Crippen LogP contribution in [-0.4, -0.2) is 17.9 Å². The van der Waals surface area contributed by atoms with E-state index in [-0.39, 0.29) is 17.8 Å². The van der Waals surface area contributed by atoms with Crippen molar-refractivity contribution in [3.05, 3.63) is 76.0 Å². The normalized spacial score (nSPS) is 12.4. The highest BCUT2D eigenvalue weighted by atomic mass is 79.9. The molecule has 0 heterocycles. The van der Waals surface area contributed by atoms with Gasteiger partial charge in [0.1, 0.15) is 5.82 Å². The summed E-state index contributed by atoms with van der Waals surface area (Å²) < 4.78 is 13.9. The second-order valence-electron chi connectivity index (χ2n) is 5.07. The molecule has 1 unspecified atom stereocenters. The molecule has 0 N–H and O–H groups in total. The van der Waals surface area contributed by atoms with E-state index in [4.69, 9.17) is 0 Å². The molecule has 2 aromatic carbocycles. The van der Waals surface area contributed by atoms with Crippen LogP contribution >= 0.6 is 15.9 Å². The second kappa shape index (κ2) is 7.36. The van der Waals surface area contributed by atoms with Crippen LogP contribution in [0.3, 0.4) is 0 Å². The average Bonchev–Trinajstić information content (AvgIpc) is 2.52. The first-order valence-electron chi connectivity index (χ1n) is 6.93. The quantitative estimate of drug-likeness (QED) is 0.714.